The zero-order valence-corrected chi connectivity index (χ0v) is 13.3. The molecule has 3 unspecified atom stereocenters. The fourth-order valence-corrected chi connectivity index (χ4v) is 5.41. The number of nitrogens with one attached hydrogen (secondary N) is 1. The lowest BCUT2D eigenvalue weighted by atomic mass is 10.1. The second-order valence-corrected chi connectivity index (χ2v) is 7.82. The maximum atomic E-state index is 12.4. The highest BCUT2D eigenvalue weighted by Gasteiger charge is 2.38. The summed E-state index contributed by atoms with van der Waals surface area (Å²) in [5.41, 5.74) is 1.18. The molecule has 5 heteroatoms. The number of benzene rings is 1. The minimum absolute atomic E-state index is 0.0335. The van der Waals surface area contributed by atoms with Crippen LogP contribution in [0.15, 0.2) is 30.3 Å². The highest BCUT2D eigenvalue weighted by molar-refractivity contribution is 8.06. The summed E-state index contributed by atoms with van der Waals surface area (Å²) in [6, 6.07) is 10.2. The molecular formula is C15H20N2OS2. The maximum absolute atomic E-state index is 12.4. The molecule has 0 aromatic heterocycles. The van der Waals surface area contributed by atoms with Crippen molar-refractivity contribution < 1.29 is 4.79 Å². The summed E-state index contributed by atoms with van der Waals surface area (Å²) < 4.78 is 0. The third-order valence-corrected chi connectivity index (χ3v) is 6.60. The summed E-state index contributed by atoms with van der Waals surface area (Å²) in [5, 5.41) is 3.99. The molecule has 0 radical (unpaired) electrons. The number of carbonyl (C=O) groups excluding carboxylic acids is 1. The topological polar surface area (TPSA) is 32.3 Å². The van der Waals surface area contributed by atoms with Gasteiger partial charge in [0, 0.05) is 29.1 Å². The van der Waals surface area contributed by atoms with E-state index < -0.39 is 0 Å². The van der Waals surface area contributed by atoms with Crippen LogP contribution in [0.1, 0.15) is 18.7 Å². The smallest absolute Gasteiger partial charge is 0.241 e. The number of rotatable bonds is 3. The Bertz CT molecular complexity index is 462. The Kier molecular flexibility index (Phi) is 4.58. The Morgan fingerprint density at radius 3 is 2.80 bits per heavy atom. The highest BCUT2D eigenvalue weighted by Crippen LogP contribution is 2.30. The molecule has 1 N–H and O–H groups in total. The first kappa shape index (κ1) is 14.3. The standard InChI is InChI=1S/C15H20N2OS2/c1-11-15(18)17(9-13-10-19-7-8-20-13)14(16-11)12-5-3-2-4-6-12/h2-6,11,13-14,16H,7-10H2,1H3. The van der Waals surface area contributed by atoms with Crippen LogP contribution in [0.2, 0.25) is 0 Å². The van der Waals surface area contributed by atoms with Crippen LogP contribution < -0.4 is 5.32 Å². The monoisotopic (exact) mass is 308 g/mol. The predicted molar refractivity (Wildman–Crippen MR) is 87.1 cm³/mol. The van der Waals surface area contributed by atoms with Crippen LogP contribution in [0, 0.1) is 0 Å². The third-order valence-electron chi connectivity index (χ3n) is 3.77. The summed E-state index contributed by atoms with van der Waals surface area (Å²) in [7, 11) is 0. The van der Waals surface area contributed by atoms with Crippen LogP contribution in [0.3, 0.4) is 0 Å². The lowest BCUT2D eigenvalue weighted by molar-refractivity contribution is -0.129. The van der Waals surface area contributed by atoms with Crippen LogP contribution in [0.5, 0.6) is 0 Å². The number of amides is 1. The van der Waals surface area contributed by atoms with Crippen LogP contribution >= 0.6 is 23.5 Å². The molecule has 0 spiro atoms. The van der Waals surface area contributed by atoms with E-state index in [1.807, 2.05) is 53.5 Å². The van der Waals surface area contributed by atoms with Gasteiger partial charge in [0.15, 0.2) is 0 Å². The second-order valence-electron chi connectivity index (χ2n) is 5.26. The van der Waals surface area contributed by atoms with Gasteiger partial charge in [0.25, 0.3) is 0 Å². The lowest BCUT2D eigenvalue weighted by Gasteiger charge is -2.30. The minimum Gasteiger partial charge on any atom is -0.320 e. The maximum Gasteiger partial charge on any atom is 0.241 e. The number of nitrogens with zero attached hydrogens (tertiary/aromatic N) is 1. The molecule has 2 fully saturated rings. The van der Waals surface area contributed by atoms with E-state index in [0.717, 1.165) is 12.3 Å². The van der Waals surface area contributed by atoms with Gasteiger partial charge in [0.1, 0.15) is 6.17 Å². The van der Waals surface area contributed by atoms with Crippen molar-refractivity contribution in [1.82, 2.24) is 10.2 Å². The summed E-state index contributed by atoms with van der Waals surface area (Å²) in [6.45, 7) is 2.81. The van der Waals surface area contributed by atoms with E-state index in [4.69, 9.17) is 0 Å². The molecule has 0 bridgehead atoms. The highest BCUT2D eigenvalue weighted by atomic mass is 32.2. The molecule has 20 heavy (non-hydrogen) atoms. The molecule has 2 heterocycles. The van der Waals surface area contributed by atoms with Gasteiger partial charge in [0.05, 0.1) is 6.04 Å². The molecule has 3 nitrogen and oxygen atoms in total. The van der Waals surface area contributed by atoms with E-state index in [1.54, 1.807) is 0 Å². The van der Waals surface area contributed by atoms with E-state index in [2.05, 4.69) is 17.4 Å². The fraction of sp³-hybridized carbons (Fsp3) is 0.533. The predicted octanol–water partition coefficient (Wildman–Crippen LogP) is 2.35. The first-order valence-corrected chi connectivity index (χ1v) is 9.27. The zero-order chi connectivity index (χ0) is 13.9. The van der Waals surface area contributed by atoms with Crippen LogP contribution in [0.4, 0.5) is 0 Å². The van der Waals surface area contributed by atoms with E-state index >= 15 is 0 Å². The average molecular weight is 308 g/mol. The number of hydrogen-bond acceptors (Lipinski definition) is 4. The van der Waals surface area contributed by atoms with E-state index in [1.165, 1.54) is 17.1 Å². The van der Waals surface area contributed by atoms with Crippen LogP contribution in [-0.4, -0.2) is 45.9 Å². The van der Waals surface area contributed by atoms with Gasteiger partial charge < -0.3 is 4.90 Å². The van der Waals surface area contributed by atoms with Crippen molar-refractivity contribution in [1.29, 1.82) is 0 Å². The van der Waals surface area contributed by atoms with E-state index in [-0.39, 0.29) is 18.1 Å². The summed E-state index contributed by atoms with van der Waals surface area (Å²) in [6.07, 6.45) is 0.0335. The molecule has 3 atom stereocenters. The molecule has 0 aliphatic carbocycles. The normalized spacial score (nSPS) is 30.8. The van der Waals surface area contributed by atoms with Gasteiger partial charge in [-0.15, -0.1) is 0 Å². The van der Waals surface area contributed by atoms with Crippen molar-refractivity contribution in [3.05, 3.63) is 35.9 Å². The molecule has 2 aliphatic rings. The Morgan fingerprint density at radius 1 is 1.30 bits per heavy atom. The Morgan fingerprint density at radius 2 is 2.10 bits per heavy atom. The summed E-state index contributed by atoms with van der Waals surface area (Å²) in [4.78, 5) is 14.4. The molecule has 1 aromatic carbocycles. The van der Waals surface area contributed by atoms with Crippen molar-refractivity contribution >= 4 is 29.4 Å². The second kappa shape index (κ2) is 6.41. The van der Waals surface area contributed by atoms with Gasteiger partial charge in [0.2, 0.25) is 5.91 Å². The van der Waals surface area contributed by atoms with Gasteiger partial charge in [-0.05, 0) is 12.5 Å². The Balaban J connectivity index is 1.76. The lowest BCUT2D eigenvalue weighted by Crippen LogP contribution is -2.38. The number of hydrogen-bond donors (Lipinski definition) is 1. The molecule has 108 valence electrons. The third kappa shape index (κ3) is 3.00. The summed E-state index contributed by atoms with van der Waals surface area (Å²) in [5.74, 6) is 3.84. The molecule has 1 amide bonds. The Hall–Kier alpha value is -0.650. The van der Waals surface area contributed by atoms with Crippen molar-refractivity contribution in [3.63, 3.8) is 0 Å². The van der Waals surface area contributed by atoms with E-state index in [0.29, 0.717) is 5.25 Å². The van der Waals surface area contributed by atoms with Crippen molar-refractivity contribution in [2.75, 3.05) is 23.8 Å². The number of carbonyl (C=O) groups is 1. The Labute approximate surface area is 128 Å². The number of thioether (sulfide) groups is 2. The van der Waals surface area contributed by atoms with Gasteiger partial charge >= 0.3 is 0 Å². The SMILES string of the molecule is CC1NC(c2ccccc2)N(CC2CSCCS2)C1=O. The zero-order valence-electron chi connectivity index (χ0n) is 11.6. The van der Waals surface area contributed by atoms with Crippen molar-refractivity contribution in [3.8, 4) is 0 Å². The average Bonchev–Trinajstić information content (AvgIpc) is 2.78. The molecule has 0 saturated carbocycles. The van der Waals surface area contributed by atoms with Gasteiger partial charge in [-0.2, -0.15) is 23.5 Å². The van der Waals surface area contributed by atoms with Crippen LogP contribution in [0.25, 0.3) is 0 Å². The van der Waals surface area contributed by atoms with Gasteiger partial charge in [-0.3, -0.25) is 10.1 Å². The van der Waals surface area contributed by atoms with E-state index in [9.17, 15) is 4.79 Å². The van der Waals surface area contributed by atoms with Crippen LogP contribution in [-0.2, 0) is 4.79 Å². The van der Waals surface area contributed by atoms with Gasteiger partial charge in [-0.1, -0.05) is 30.3 Å². The van der Waals surface area contributed by atoms with Gasteiger partial charge in [-0.25, -0.2) is 0 Å². The largest absolute Gasteiger partial charge is 0.320 e. The quantitative estimate of drug-likeness (QED) is 0.929. The molecule has 2 saturated heterocycles. The molecule has 1 aromatic rings. The molecular weight excluding hydrogens is 288 g/mol. The molecule has 3 rings (SSSR count). The fourth-order valence-electron chi connectivity index (χ4n) is 2.74. The summed E-state index contributed by atoms with van der Waals surface area (Å²) >= 11 is 4.01. The first-order chi connectivity index (χ1) is 9.75. The first-order valence-electron chi connectivity index (χ1n) is 7.06. The van der Waals surface area contributed by atoms with Crippen molar-refractivity contribution in [2.45, 2.75) is 24.4 Å². The van der Waals surface area contributed by atoms with Crippen molar-refractivity contribution in [2.24, 2.45) is 0 Å². The minimum atomic E-state index is -0.0820. The molecule has 2 aliphatic heterocycles.